The van der Waals surface area contributed by atoms with Gasteiger partial charge in [-0.15, -0.1) is 0 Å². The predicted octanol–water partition coefficient (Wildman–Crippen LogP) is 4.98. The van der Waals surface area contributed by atoms with Crippen LogP contribution in [0.3, 0.4) is 0 Å². The number of benzene rings is 2. The molecular formula is C32H28N2O6. The minimum absolute atomic E-state index is 0.192. The number of esters is 1. The van der Waals surface area contributed by atoms with Crippen LogP contribution in [0.1, 0.15) is 49.4 Å². The number of fused-ring (bicyclic) bond motifs is 2. The number of rotatable bonds is 7. The van der Waals surface area contributed by atoms with E-state index in [0.717, 1.165) is 34.2 Å². The largest absolute Gasteiger partial charge is 0.473 e. The van der Waals surface area contributed by atoms with Crippen LogP contribution >= 0.6 is 0 Å². The Morgan fingerprint density at radius 2 is 1.32 bits per heavy atom. The third-order valence-corrected chi connectivity index (χ3v) is 6.80. The van der Waals surface area contributed by atoms with Gasteiger partial charge in [-0.3, -0.25) is 14.4 Å². The van der Waals surface area contributed by atoms with E-state index in [9.17, 15) is 14.4 Å². The number of aromatic nitrogens is 2. The first-order chi connectivity index (χ1) is 19.5. The Kier molecular flexibility index (Phi) is 8.25. The number of pyridine rings is 2. The van der Waals surface area contributed by atoms with Gasteiger partial charge in [0.05, 0.1) is 7.11 Å². The maximum atomic E-state index is 12.2. The van der Waals surface area contributed by atoms with Crippen molar-refractivity contribution in [1.29, 1.82) is 0 Å². The molecule has 8 heteroatoms. The average molecular weight is 537 g/mol. The maximum absolute atomic E-state index is 12.2. The van der Waals surface area contributed by atoms with Gasteiger partial charge in [-0.2, -0.15) is 0 Å². The SMILES string of the molecule is COC(=O)C1Cc2cnc(OCc3ccccc3)cc2C1=O.O=C1CCc2cnc(OCc3ccccc3)cc21. The molecule has 40 heavy (non-hydrogen) atoms. The molecule has 1 atom stereocenters. The Morgan fingerprint density at radius 1 is 0.775 bits per heavy atom. The van der Waals surface area contributed by atoms with Crippen molar-refractivity contribution in [3.63, 3.8) is 0 Å². The highest BCUT2D eigenvalue weighted by molar-refractivity contribution is 6.12. The first-order valence-electron chi connectivity index (χ1n) is 13.0. The summed E-state index contributed by atoms with van der Waals surface area (Å²) in [6.07, 6.45) is 5.09. The van der Waals surface area contributed by atoms with E-state index in [-0.39, 0.29) is 11.6 Å². The Bertz CT molecular complexity index is 1520. The number of methoxy groups -OCH3 is 1. The third-order valence-electron chi connectivity index (χ3n) is 6.80. The summed E-state index contributed by atoms with van der Waals surface area (Å²) >= 11 is 0. The standard InChI is InChI=1S/C17H15NO4.C15H13NO2/c1-21-17(20)14-7-12-9-18-15(8-13(12)16(14)19)22-10-11-5-3-2-4-6-11;17-14-7-6-12-9-16-15(8-13(12)14)18-10-11-4-2-1-3-5-11/h2-6,8-9,14H,7,10H2,1H3;1-5,8-9H,6-7,10H2. The number of ether oxygens (including phenoxy) is 3. The molecule has 0 N–H and O–H groups in total. The second-order valence-electron chi connectivity index (χ2n) is 9.48. The molecule has 0 saturated carbocycles. The van der Waals surface area contributed by atoms with Crippen LogP contribution in [0.5, 0.6) is 11.8 Å². The van der Waals surface area contributed by atoms with Crippen molar-refractivity contribution in [2.45, 2.75) is 32.5 Å². The monoisotopic (exact) mass is 536 g/mol. The van der Waals surface area contributed by atoms with Gasteiger partial charge in [-0.05, 0) is 35.1 Å². The lowest BCUT2D eigenvalue weighted by molar-refractivity contribution is -0.143. The molecule has 0 spiro atoms. The van der Waals surface area contributed by atoms with E-state index in [0.29, 0.717) is 43.4 Å². The lowest BCUT2D eigenvalue weighted by atomic mass is 10.1. The summed E-state index contributed by atoms with van der Waals surface area (Å²) in [5.41, 5.74) is 5.16. The van der Waals surface area contributed by atoms with E-state index >= 15 is 0 Å². The lowest BCUT2D eigenvalue weighted by Crippen LogP contribution is -2.21. The van der Waals surface area contributed by atoms with Crippen LogP contribution in [0.25, 0.3) is 0 Å². The number of nitrogens with zero attached hydrogens (tertiary/aromatic N) is 2. The quantitative estimate of drug-likeness (QED) is 0.241. The first-order valence-corrected chi connectivity index (χ1v) is 13.0. The number of carbonyl (C=O) groups excluding carboxylic acids is 3. The molecule has 8 nitrogen and oxygen atoms in total. The number of Topliss-reactive ketones (excluding diaryl/α,β-unsaturated/α-hetero) is 2. The summed E-state index contributed by atoms with van der Waals surface area (Å²) < 4.78 is 15.9. The molecule has 0 aliphatic heterocycles. The summed E-state index contributed by atoms with van der Waals surface area (Å²) in [5.74, 6) is -0.403. The van der Waals surface area contributed by atoms with Gasteiger partial charge < -0.3 is 14.2 Å². The minimum Gasteiger partial charge on any atom is -0.473 e. The van der Waals surface area contributed by atoms with Gasteiger partial charge in [-0.1, -0.05) is 60.7 Å². The fourth-order valence-electron chi connectivity index (χ4n) is 4.62. The Labute approximate surface area is 232 Å². The van der Waals surface area contributed by atoms with Crippen molar-refractivity contribution < 1.29 is 28.6 Å². The van der Waals surface area contributed by atoms with Crippen LogP contribution in [0.2, 0.25) is 0 Å². The number of carbonyl (C=O) groups is 3. The van der Waals surface area contributed by atoms with Crippen LogP contribution in [0.15, 0.2) is 85.2 Å². The van der Waals surface area contributed by atoms with Gasteiger partial charge in [0.15, 0.2) is 11.6 Å². The van der Waals surface area contributed by atoms with Crippen LogP contribution in [-0.4, -0.2) is 34.6 Å². The van der Waals surface area contributed by atoms with Crippen molar-refractivity contribution in [2.75, 3.05) is 7.11 Å². The molecule has 0 fully saturated rings. The first kappa shape index (κ1) is 26.7. The second-order valence-corrected chi connectivity index (χ2v) is 9.48. The van der Waals surface area contributed by atoms with Gasteiger partial charge >= 0.3 is 5.97 Å². The normalized spacial score (nSPS) is 15.0. The Hall–Kier alpha value is -4.85. The van der Waals surface area contributed by atoms with E-state index in [1.165, 1.54) is 7.11 Å². The lowest BCUT2D eigenvalue weighted by Gasteiger charge is -2.06. The molecular weight excluding hydrogens is 508 g/mol. The molecule has 2 aliphatic carbocycles. The average Bonchev–Trinajstić information content (AvgIpc) is 3.54. The van der Waals surface area contributed by atoms with Gasteiger partial charge in [-0.25, -0.2) is 9.97 Å². The van der Waals surface area contributed by atoms with E-state index in [4.69, 9.17) is 9.47 Å². The zero-order valence-electron chi connectivity index (χ0n) is 22.0. The molecule has 0 saturated heterocycles. The molecule has 0 bridgehead atoms. The highest BCUT2D eigenvalue weighted by Gasteiger charge is 2.37. The van der Waals surface area contributed by atoms with Crippen LogP contribution in [-0.2, 0) is 35.6 Å². The van der Waals surface area contributed by atoms with Gasteiger partial charge in [0.2, 0.25) is 11.8 Å². The number of hydrogen-bond acceptors (Lipinski definition) is 8. The summed E-state index contributed by atoms with van der Waals surface area (Å²) in [7, 11) is 1.28. The van der Waals surface area contributed by atoms with Crippen molar-refractivity contribution in [2.24, 2.45) is 5.92 Å². The van der Waals surface area contributed by atoms with E-state index < -0.39 is 11.9 Å². The highest BCUT2D eigenvalue weighted by atomic mass is 16.5. The molecule has 2 aromatic carbocycles. The van der Waals surface area contributed by atoms with Gasteiger partial charge in [0.1, 0.15) is 19.1 Å². The highest BCUT2D eigenvalue weighted by Crippen LogP contribution is 2.29. The summed E-state index contributed by atoms with van der Waals surface area (Å²) in [6, 6.07) is 23.0. The second kappa shape index (κ2) is 12.3. The van der Waals surface area contributed by atoms with Crippen molar-refractivity contribution in [3.8, 4) is 11.8 Å². The number of hydrogen-bond donors (Lipinski definition) is 0. The van der Waals surface area contributed by atoms with E-state index in [1.54, 1.807) is 24.5 Å². The minimum atomic E-state index is -0.758. The smallest absolute Gasteiger partial charge is 0.316 e. The molecule has 4 aromatic rings. The third kappa shape index (κ3) is 6.23. The Morgan fingerprint density at radius 3 is 1.90 bits per heavy atom. The molecule has 0 radical (unpaired) electrons. The van der Waals surface area contributed by atoms with Crippen LogP contribution in [0.4, 0.5) is 0 Å². The molecule has 2 heterocycles. The zero-order valence-corrected chi connectivity index (χ0v) is 22.0. The van der Waals surface area contributed by atoms with Crippen LogP contribution in [0, 0.1) is 5.92 Å². The number of ketones is 2. The molecule has 1 unspecified atom stereocenters. The fraction of sp³-hybridized carbons (Fsp3) is 0.219. The predicted molar refractivity (Wildman–Crippen MR) is 146 cm³/mol. The topological polar surface area (TPSA) is 105 Å². The summed E-state index contributed by atoms with van der Waals surface area (Å²) in [5, 5.41) is 0. The molecule has 0 amide bonds. The van der Waals surface area contributed by atoms with Gasteiger partial charge in [0.25, 0.3) is 0 Å². The zero-order chi connectivity index (χ0) is 27.9. The van der Waals surface area contributed by atoms with Crippen molar-refractivity contribution in [1.82, 2.24) is 9.97 Å². The van der Waals surface area contributed by atoms with Crippen LogP contribution < -0.4 is 9.47 Å². The maximum Gasteiger partial charge on any atom is 0.316 e. The molecule has 202 valence electrons. The van der Waals surface area contributed by atoms with Crippen molar-refractivity contribution in [3.05, 3.63) is 119 Å². The van der Waals surface area contributed by atoms with Crippen molar-refractivity contribution >= 4 is 17.5 Å². The van der Waals surface area contributed by atoms with E-state index in [1.807, 2.05) is 60.7 Å². The van der Waals surface area contributed by atoms with E-state index in [2.05, 4.69) is 14.7 Å². The fourth-order valence-corrected chi connectivity index (χ4v) is 4.62. The molecule has 2 aromatic heterocycles. The number of aryl methyl sites for hydroxylation is 1. The molecule has 6 rings (SSSR count). The molecule has 2 aliphatic rings. The Balaban J connectivity index is 0.000000164. The summed E-state index contributed by atoms with van der Waals surface area (Å²) in [4.78, 5) is 43.9. The van der Waals surface area contributed by atoms with Gasteiger partial charge in [0, 0.05) is 42.1 Å². The summed E-state index contributed by atoms with van der Waals surface area (Å²) in [6.45, 7) is 0.849.